The lowest BCUT2D eigenvalue weighted by Crippen LogP contribution is -2.17. The zero-order valence-electron chi connectivity index (χ0n) is 9.01. The minimum atomic E-state index is 0.794. The molecule has 0 spiro atoms. The Morgan fingerprint density at radius 2 is 1.69 bits per heavy atom. The van der Waals surface area contributed by atoms with Gasteiger partial charge < -0.3 is 0 Å². The van der Waals surface area contributed by atoms with Crippen molar-refractivity contribution in [1.82, 2.24) is 0 Å². The van der Waals surface area contributed by atoms with Crippen LogP contribution in [0.3, 0.4) is 0 Å². The minimum Gasteiger partial charge on any atom is -0.107 e. The van der Waals surface area contributed by atoms with Crippen LogP contribution in [0, 0.1) is 29.6 Å². The van der Waals surface area contributed by atoms with Crippen LogP contribution in [0.15, 0.2) is 12.2 Å². The first-order valence-corrected chi connectivity index (χ1v) is 5.30. The van der Waals surface area contributed by atoms with Gasteiger partial charge in [-0.25, -0.2) is 0 Å². The highest BCUT2D eigenvalue weighted by Gasteiger charge is 2.22. The molecule has 1 aliphatic carbocycles. The second-order valence-corrected chi connectivity index (χ2v) is 4.19. The van der Waals surface area contributed by atoms with Gasteiger partial charge in [0.15, 0.2) is 0 Å². The molecule has 13 heavy (non-hydrogen) atoms. The van der Waals surface area contributed by atoms with Gasteiger partial charge in [-0.15, -0.1) is 11.8 Å². The number of rotatable bonds is 1. The zero-order valence-corrected chi connectivity index (χ0v) is 9.01. The maximum absolute atomic E-state index is 3.23. The van der Waals surface area contributed by atoms with E-state index in [-0.39, 0.29) is 0 Å². The van der Waals surface area contributed by atoms with E-state index in [1.54, 1.807) is 0 Å². The van der Waals surface area contributed by atoms with Crippen molar-refractivity contribution in [3.8, 4) is 11.8 Å². The van der Waals surface area contributed by atoms with Crippen molar-refractivity contribution in [2.45, 2.75) is 40.0 Å². The Balaban J connectivity index is 2.60. The number of hydrogen-bond donors (Lipinski definition) is 0. The summed E-state index contributed by atoms with van der Waals surface area (Å²) in [4.78, 5) is 0. The molecule has 0 bridgehead atoms. The van der Waals surface area contributed by atoms with E-state index < -0.39 is 0 Å². The van der Waals surface area contributed by atoms with Crippen molar-refractivity contribution < 1.29 is 0 Å². The molecule has 0 saturated heterocycles. The summed E-state index contributed by atoms with van der Waals surface area (Å²) in [5, 5.41) is 0. The molecule has 1 rings (SSSR count). The van der Waals surface area contributed by atoms with Gasteiger partial charge in [-0.05, 0) is 37.5 Å². The van der Waals surface area contributed by atoms with Gasteiger partial charge in [0.25, 0.3) is 0 Å². The molecule has 0 aliphatic heterocycles. The van der Waals surface area contributed by atoms with Crippen LogP contribution in [0.25, 0.3) is 0 Å². The summed E-state index contributed by atoms with van der Waals surface area (Å²) in [6.07, 6.45) is 8.22. The zero-order chi connectivity index (χ0) is 9.68. The van der Waals surface area contributed by atoms with Crippen LogP contribution >= 0.6 is 0 Å². The Labute approximate surface area is 82.4 Å². The van der Waals surface area contributed by atoms with E-state index in [1.165, 1.54) is 12.8 Å². The third-order valence-electron chi connectivity index (χ3n) is 3.16. The van der Waals surface area contributed by atoms with E-state index in [4.69, 9.17) is 0 Å². The van der Waals surface area contributed by atoms with Crippen LogP contribution in [0.1, 0.15) is 40.0 Å². The van der Waals surface area contributed by atoms with Gasteiger partial charge in [0.05, 0.1) is 0 Å². The second-order valence-electron chi connectivity index (χ2n) is 4.19. The van der Waals surface area contributed by atoms with Crippen molar-refractivity contribution in [3.05, 3.63) is 12.2 Å². The average molecular weight is 176 g/mol. The Bertz CT molecular complexity index is 212. The number of allylic oxidation sites excluding steroid dienone is 2. The quantitative estimate of drug-likeness (QED) is 0.422. The molecule has 0 heteroatoms. The molecule has 0 nitrogen and oxygen atoms in total. The largest absolute Gasteiger partial charge is 0.107 e. The summed E-state index contributed by atoms with van der Waals surface area (Å²) in [7, 11) is 0. The summed E-state index contributed by atoms with van der Waals surface area (Å²) in [5.74, 6) is 8.63. The Morgan fingerprint density at radius 1 is 1.15 bits per heavy atom. The first kappa shape index (κ1) is 10.4. The van der Waals surface area contributed by atoms with Crippen LogP contribution in [-0.2, 0) is 0 Å². The van der Waals surface area contributed by atoms with E-state index in [0.717, 1.165) is 24.2 Å². The fraction of sp³-hybridized carbons (Fsp3) is 0.692. The third-order valence-corrected chi connectivity index (χ3v) is 3.16. The van der Waals surface area contributed by atoms with E-state index in [9.17, 15) is 0 Å². The lowest BCUT2D eigenvalue weighted by Gasteiger charge is -2.24. The topological polar surface area (TPSA) is 0 Å². The first-order chi connectivity index (χ1) is 6.25. The minimum absolute atomic E-state index is 0.794. The van der Waals surface area contributed by atoms with Gasteiger partial charge in [0, 0.05) is 6.42 Å². The summed E-state index contributed by atoms with van der Waals surface area (Å²) in [6.45, 7) is 6.65. The molecule has 0 aromatic rings. The van der Waals surface area contributed by atoms with Gasteiger partial charge >= 0.3 is 0 Å². The van der Waals surface area contributed by atoms with E-state index >= 15 is 0 Å². The highest BCUT2D eigenvalue weighted by Crippen LogP contribution is 2.31. The molecule has 0 fully saturated rings. The average Bonchev–Trinajstić information content (AvgIpc) is 2.26. The second kappa shape index (κ2) is 5.12. The third kappa shape index (κ3) is 2.92. The van der Waals surface area contributed by atoms with Crippen LogP contribution in [0.5, 0.6) is 0 Å². The predicted octanol–water partition coefficient (Wildman–Crippen LogP) is 3.64. The molecule has 0 amide bonds. The smallest absolute Gasteiger partial charge is 0.0122 e. The maximum atomic E-state index is 3.23. The SMILES string of the molecule is CC#CCC1C(C)CC=CCC1C. The highest BCUT2D eigenvalue weighted by atomic mass is 14.3. The van der Waals surface area contributed by atoms with Gasteiger partial charge in [-0.2, -0.15) is 0 Å². The molecule has 0 heterocycles. The van der Waals surface area contributed by atoms with Gasteiger partial charge in [0.1, 0.15) is 0 Å². The monoisotopic (exact) mass is 176 g/mol. The molecule has 0 aromatic carbocycles. The lowest BCUT2D eigenvalue weighted by molar-refractivity contribution is 0.270. The summed E-state index contributed by atoms with van der Waals surface area (Å²) in [5.41, 5.74) is 0. The van der Waals surface area contributed by atoms with Crippen molar-refractivity contribution in [1.29, 1.82) is 0 Å². The molecular weight excluding hydrogens is 156 g/mol. The molecule has 0 aromatic heterocycles. The summed E-state index contributed by atoms with van der Waals surface area (Å²) >= 11 is 0. The van der Waals surface area contributed by atoms with Crippen molar-refractivity contribution >= 4 is 0 Å². The number of hydrogen-bond acceptors (Lipinski definition) is 0. The van der Waals surface area contributed by atoms with Crippen LogP contribution in [0.4, 0.5) is 0 Å². The molecule has 2 atom stereocenters. The fourth-order valence-corrected chi connectivity index (χ4v) is 2.15. The summed E-state index contributed by atoms with van der Waals surface area (Å²) in [6, 6.07) is 0. The predicted molar refractivity (Wildman–Crippen MR) is 58.3 cm³/mol. The molecule has 2 unspecified atom stereocenters. The van der Waals surface area contributed by atoms with Crippen molar-refractivity contribution in [2.75, 3.05) is 0 Å². The van der Waals surface area contributed by atoms with Gasteiger partial charge in [-0.3, -0.25) is 0 Å². The normalized spacial score (nSPS) is 33.3. The Kier molecular flexibility index (Phi) is 4.09. The van der Waals surface area contributed by atoms with Gasteiger partial charge in [0.2, 0.25) is 0 Å². The van der Waals surface area contributed by atoms with E-state index in [1.807, 2.05) is 6.92 Å². The molecule has 0 saturated carbocycles. The standard InChI is InChI=1S/C13H20/c1-4-5-10-13-11(2)8-6-7-9-12(13)3/h6-7,11-13H,8-10H2,1-3H3. The Morgan fingerprint density at radius 3 is 2.15 bits per heavy atom. The molecule has 0 radical (unpaired) electrons. The molecule has 0 N–H and O–H groups in total. The van der Waals surface area contributed by atoms with E-state index in [2.05, 4.69) is 37.8 Å². The van der Waals surface area contributed by atoms with Crippen molar-refractivity contribution in [2.24, 2.45) is 17.8 Å². The lowest BCUT2D eigenvalue weighted by atomic mass is 9.80. The van der Waals surface area contributed by atoms with Crippen molar-refractivity contribution in [3.63, 3.8) is 0 Å². The first-order valence-electron chi connectivity index (χ1n) is 5.30. The molecule has 1 aliphatic rings. The van der Waals surface area contributed by atoms with E-state index in [0.29, 0.717) is 0 Å². The summed E-state index contributed by atoms with van der Waals surface area (Å²) < 4.78 is 0. The van der Waals surface area contributed by atoms with Gasteiger partial charge in [-0.1, -0.05) is 26.0 Å². The molecular formula is C13H20. The highest BCUT2D eigenvalue weighted by molar-refractivity contribution is 5.01. The van der Waals surface area contributed by atoms with Crippen LogP contribution in [0.2, 0.25) is 0 Å². The van der Waals surface area contributed by atoms with Crippen LogP contribution in [-0.4, -0.2) is 0 Å². The fourth-order valence-electron chi connectivity index (χ4n) is 2.15. The molecule has 72 valence electrons. The van der Waals surface area contributed by atoms with Crippen LogP contribution < -0.4 is 0 Å². The Hall–Kier alpha value is -0.700. The maximum Gasteiger partial charge on any atom is 0.0122 e.